The van der Waals surface area contributed by atoms with Gasteiger partial charge in [0.25, 0.3) is 0 Å². The molecule has 2 rings (SSSR count). The molecule has 4 nitrogen and oxygen atoms in total. The highest BCUT2D eigenvalue weighted by atomic mass is 19.3. The SMILES string of the molecule is COc1cc(C=O)cc2c1OC(F)(F)O2. The fourth-order valence-electron chi connectivity index (χ4n) is 1.26. The maximum atomic E-state index is 12.7. The monoisotopic (exact) mass is 216 g/mol. The Morgan fingerprint density at radius 3 is 2.73 bits per heavy atom. The van der Waals surface area contributed by atoms with Crippen molar-refractivity contribution >= 4 is 6.29 Å². The van der Waals surface area contributed by atoms with E-state index in [9.17, 15) is 13.6 Å². The first-order chi connectivity index (χ1) is 7.05. The number of methoxy groups -OCH3 is 1. The zero-order valence-corrected chi connectivity index (χ0v) is 7.62. The molecule has 0 aliphatic carbocycles. The molecule has 0 N–H and O–H groups in total. The molecule has 0 saturated carbocycles. The van der Waals surface area contributed by atoms with E-state index in [0.717, 1.165) is 6.07 Å². The number of benzene rings is 1. The van der Waals surface area contributed by atoms with Crippen molar-refractivity contribution in [2.75, 3.05) is 7.11 Å². The summed E-state index contributed by atoms with van der Waals surface area (Å²) in [5.41, 5.74) is 0.173. The molecule has 0 bridgehead atoms. The van der Waals surface area contributed by atoms with Gasteiger partial charge in [-0.2, -0.15) is 0 Å². The summed E-state index contributed by atoms with van der Waals surface area (Å²) < 4.78 is 38.6. The summed E-state index contributed by atoms with van der Waals surface area (Å²) in [6, 6.07) is 2.45. The highest BCUT2D eigenvalue weighted by Gasteiger charge is 2.45. The summed E-state index contributed by atoms with van der Waals surface area (Å²) in [5, 5.41) is 0. The van der Waals surface area contributed by atoms with Crippen LogP contribution >= 0.6 is 0 Å². The van der Waals surface area contributed by atoms with Gasteiger partial charge in [0.1, 0.15) is 6.29 Å². The van der Waals surface area contributed by atoms with Crippen molar-refractivity contribution in [3.05, 3.63) is 17.7 Å². The van der Waals surface area contributed by atoms with E-state index in [1.807, 2.05) is 0 Å². The summed E-state index contributed by atoms with van der Waals surface area (Å²) in [4.78, 5) is 10.5. The number of carbonyl (C=O) groups excluding carboxylic acids is 1. The zero-order valence-electron chi connectivity index (χ0n) is 7.62. The maximum absolute atomic E-state index is 12.7. The van der Waals surface area contributed by atoms with Crippen LogP contribution in [0, 0.1) is 0 Å². The van der Waals surface area contributed by atoms with Crippen molar-refractivity contribution in [2.45, 2.75) is 6.29 Å². The van der Waals surface area contributed by atoms with E-state index < -0.39 is 6.29 Å². The third-order valence-corrected chi connectivity index (χ3v) is 1.85. The van der Waals surface area contributed by atoms with Gasteiger partial charge in [-0.25, -0.2) is 0 Å². The van der Waals surface area contributed by atoms with Gasteiger partial charge in [-0.1, -0.05) is 0 Å². The van der Waals surface area contributed by atoms with E-state index in [1.165, 1.54) is 13.2 Å². The molecule has 0 amide bonds. The quantitative estimate of drug-likeness (QED) is 0.707. The van der Waals surface area contributed by atoms with E-state index in [-0.39, 0.29) is 22.8 Å². The van der Waals surface area contributed by atoms with Crippen molar-refractivity contribution in [1.82, 2.24) is 0 Å². The first-order valence-corrected chi connectivity index (χ1v) is 3.99. The van der Waals surface area contributed by atoms with Gasteiger partial charge in [0, 0.05) is 5.56 Å². The normalized spacial score (nSPS) is 16.2. The number of ether oxygens (including phenoxy) is 3. The molecule has 0 aromatic heterocycles. The average Bonchev–Trinajstić information content (AvgIpc) is 2.50. The van der Waals surface area contributed by atoms with Crippen molar-refractivity contribution in [1.29, 1.82) is 0 Å². The van der Waals surface area contributed by atoms with E-state index in [0.29, 0.717) is 6.29 Å². The Morgan fingerprint density at radius 2 is 2.13 bits per heavy atom. The Balaban J connectivity index is 2.52. The van der Waals surface area contributed by atoms with Crippen molar-refractivity contribution in [2.24, 2.45) is 0 Å². The molecule has 0 fully saturated rings. The number of carbonyl (C=O) groups is 1. The first kappa shape index (κ1) is 9.70. The van der Waals surface area contributed by atoms with Crippen molar-refractivity contribution in [3.8, 4) is 17.2 Å². The van der Waals surface area contributed by atoms with Crippen LogP contribution in [-0.2, 0) is 0 Å². The smallest absolute Gasteiger partial charge is 0.493 e. The number of alkyl halides is 2. The van der Waals surface area contributed by atoms with Crippen LogP contribution < -0.4 is 14.2 Å². The Bertz CT molecular complexity index is 417. The summed E-state index contributed by atoms with van der Waals surface area (Å²) in [6.07, 6.45) is -3.21. The Morgan fingerprint density at radius 1 is 1.40 bits per heavy atom. The molecule has 15 heavy (non-hydrogen) atoms. The minimum atomic E-state index is -3.71. The molecule has 1 heterocycles. The summed E-state index contributed by atoms with van der Waals surface area (Å²) >= 11 is 0. The fraction of sp³-hybridized carbons (Fsp3) is 0.222. The highest BCUT2D eigenvalue weighted by molar-refractivity contribution is 5.78. The van der Waals surface area contributed by atoms with Gasteiger partial charge in [0.05, 0.1) is 7.11 Å². The van der Waals surface area contributed by atoms with Crippen LogP contribution in [0.3, 0.4) is 0 Å². The summed E-state index contributed by atoms with van der Waals surface area (Å²) in [5.74, 6) is -0.374. The van der Waals surface area contributed by atoms with Crippen LogP contribution in [0.1, 0.15) is 10.4 Å². The van der Waals surface area contributed by atoms with E-state index in [4.69, 9.17) is 4.74 Å². The Kier molecular flexibility index (Phi) is 1.99. The molecule has 0 radical (unpaired) electrons. The Labute approximate surface area is 83.4 Å². The van der Waals surface area contributed by atoms with E-state index in [1.54, 1.807) is 0 Å². The van der Waals surface area contributed by atoms with Gasteiger partial charge in [0.15, 0.2) is 11.5 Å². The summed E-state index contributed by atoms with van der Waals surface area (Å²) in [6.45, 7) is 0. The largest absolute Gasteiger partial charge is 0.586 e. The zero-order chi connectivity index (χ0) is 11.1. The first-order valence-electron chi connectivity index (χ1n) is 3.99. The molecule has 1 aromatic carbocycles. The second kappa shape index (κ2) is 3.08. The minimum absolute atomic E-state index is 0.0341. The molecular weight excluding hydrogens is 210 g/mol. The minimum Gasteiger partial charge on any atom is -0.493 e. The fourth-order valence-corrected chi connectivity index (χ4v) is 1.26. The second-order valence-corrected chi connectivity index (χ2v) is 2.84. The summed E-state index contributed by atoms with van der Waals surface area (Å²) in [7, 11) is 1.28. The van der Waals surface area contributed by atoms with Gasteiger partial charge < -0.3 is 14.2 Å². The molecule has 0 atom stereocenters. The lowest BCUT2D eigenvalue weighted by atomic mass is 10.2. The lowest BCUT2D eigenvalue weighted by Crippen LogP contribution is -2.26. The van der Waals surface area contributed by atoms with Crippen LogP contribution in [-0.4, -0.2) is 19.7 Å². The molecule has 0 saturated heterocycles. The highest BCUT2D eigenvalue weighted by Crippen LogP contribution is 2.47. The van der Waals surface area contributed by atoms with Gasteiger partial charge in [0.2, 0.25) is 5.75 Å². The van der Waals surface area contributed by atoms with Gasteiger partial charge in [-0.05, 0) is 12.1 Å². The number of fused-ring (bicyclic) bond motifs is 1. The number of halogens is 2. The van der Waals surface area contributed by atoms with Crippen molar-refractivity contribution in [3.63, 3.8) is 0 Å². The lowest BCUT2D eigenvalue weighted by molar-refractivity contribution is -0.287. The molecule has 1 aromatic rings. The van der Waals surface area contributed by atoms with Gasteiger partial charge in [-0.15, -0.1) is 8.78 Å². The number of rotatable bonds is 2. The Hall–Kier alpha value is -1.85. The van der Waals surface area contributed by atoms with Crippen LogP contribution in [0.15, 0.2) is 12.1 Å². The number of hydrogen-bond acceptors (Lipinski definition) is 4. The number of aldehydes is 1. The van der Waals surface area contributed by atoms with E-state index in [2.05, 4.69) is 9.47 Å². The maximum Gasteiger partial charge on any atom is 0.586 e. The number of hydrogen-bond donors (Lipinski definition) is 0. The van der Waals surface area contributed by atoms with E-state index >= 15 is 0 Å². The van der Waals surface area contributed by atoms with Crippen molar-refractivity contribution < 1.29 is 27.8 Å². The second-order valence-electron chi connectivity index (χ2n) is 2.84. The molecule has 1 aliphatic heterocycles. The third kappa shape index (κ3) is 1.58. The predicted molar refractivity (Wildman–Crippen MR) is 44.6 cm³/mol. The van der Waals surface area contributed by atoms with Gasteiger partial charge >= 0.3 is 6.29 Å². The van der Waals surface area contributed by atoms with Crippen LogP contribution in [0.5, 0.6) is 17.2 Å². The molecule has 80 valence electrons. The topological polar surface area (TPSA) is 44.8 Å². The van der Waals surface area contributed by atoms with Crippen LogP contribution in [0.2, 0.25) is 0 Å². The third-order valence-electron chi connectivity index (χ3n) is 1.85. The molecule has 0 spiro atoms. The predicted octanol–water partition coefficient (Wildman–Crippen LogP) is 1.83. The van der Waals surface area contributed by atoms with Crippen LogP contribution in [0.25, 0.3) is 0 Å². The standard InChI is InChI=1S/C9H6F2O4/c1-13-6-2-5(4-12)3-7-8(6)15-9(10,11)14-7/h2-4H,1H3. The molecule has 6 heteroatoms. The molecule has 0 unspecified atom stereocenters. The van der Waals surface area contributed by atoms with Crippen LogP contribution in [0.4, 0.5) is 8.78 Å². The molecular formula is C9H6F2O4. The average molecular weight is 216 g/mol. The molecule has 1 aliphatic rings. The lowest BCUT2D eigenvalue weighted by Gasteiger charge is -2.05. The van der Waals surface area contributed by atoms with Gasteiger partial charge in [-0.3, -0.25) is 4.79 Å².